The number of aryl methyl sites for hydroxylation is 1. The molecule has 0 aliphatic carbocycles. The van der Waals surface area contributed by atoms with Crippen molar-refractivity contribution in [1.29, 1.82) is 0 Å². The van der Waals surface area contributed by atoms with Crippen molar-refractivity contribution in [3.8, 4) is 0 Å². The first-order chi connectivity index (χ1) is 14.2. The second-order valence-electron chi connectivity index (χ2n) is 6.78. The van der Waals surface area contributed by atoms with Gasteiger partial charge in [-0.1, -0.05) is 30.3 Å². The van der Waals surface area contributed by atoms with Gasteiger partial charge in [-0.25, -0.2) is 9.78 Å². The van der Waals surface area contributed by atoms with Crippen LogP contribution in [0.25, 0.3) is 0 Å². The van der Waals surface area contributed by atoms with Crippen molar-refractivity contribution in [2.45, 2.75) is 12.8 Å². The Morgan fingerprint density at radius 2 is 1.86 bits per heavy atom. The highest BCUT2D eigenvalue weighted by Crippen LogP contribution is 2.32. The quantitative estimate of drug-likeness (QED) is 0.679. The molecule has 1 amide bonds. The Hall–Kier alpha value is -3.67. The number of ether oxygens (including phenoxy) is 1. The van der Waals surface area contributed by atoms with Gasteiger partial charge in [-0.3, -0.25) is 4.79 Å². The first-order valence-electron chi connectivity index (χ1n) is 9.47. The first kappa shape index (κ1) is 18.7. The molecule has 0 saturated carbocycles. The molecule has 2 aromatic carbocycles. The number of hydrogen-bond donors (Lipinski definition) is 1. The highest BCUT2D eigenvalue weighted by Gasteiger charge is 2.20. The molecule has 0 atom stereocenters. The molecule has 0 bridgehead atoms. The van der Waals surface area contributed by atoms with E-state index >= 15 is 0 Å². The number of carbonyl (C=O) groups excluding carboxylic acids is 2. The number of amides is 1. The number of methoxy groups -OCH3 is 1. The van der Waals surface area contributed by atoms with Crippen molar-refractivity contribution in [1.82, 2.24) is 4.98 Å². The topological polar surface area (TPSA) is 71.5 Å². The maximum Gasteiger partial charge on any atom is 0.339 e. The molecule has 0 fully saturated rings. The van der Waals surface area contributed by atoms with E-state index in [9.17, 15) is 9.59 Å². The SMILES string of the molecule is COC(=O)c1ccccc1NC(=O)c1ccnc(N2CCCc3ccccc32)c1. The van der Waals surface area contributed by atoms with Gasteiger partial charge in [0.1, 0.15) is 5.82 Å². The van der Waals surface area contributed by atoms with Crippen LogP contribution in [0.3, 0.4) is 0 Å². The zero-order valence-electron chi connectivity index (χ0n) is 16.1. The number of nitrogens with one attached hydrogen (secondary N) is 1. The molecule has 1 aliphatic rings. The summed E-state index contributed by atoms with van der Waals surface area (Å²) in [6, 6.07) is 18.5. The maximum atomic E-state index is 12.8. The molecule has 6 nitrogen and oxygen atoms in total. The lowest BCUT2D eigenvalue weighted by atomic mass is 10.0. The molecule has 29 heavy (non-hydrogen) atoms. The van der Waals surface area contributed by atoms with Gasteiger partial charge in [-0.05, 0) is 48.7 Å². The second kappa shape index (κ2) is 8.14. The van der Waals surface area contributed by atoms with Crippen LogP contribution in [0, 0.1) is 0 Å². The molecule has 2 heterocycles. The van der Waals surface area contributed by atoms with E-state index in [1.54, 1.807) is 42.6 Å². The normalized spacial score (nSPS) is 12.8. The molecular weight excluding hydrogens is 366 g/mol. The van der Waals surface area contributed by atoms with E-state index in [0.717, 1.165) is 30.9 Å². The van der Waals surface area contributed by atoms with Gasteiger partial charge in [0.25, 0.3) is 5.91 Å². The molecular formula is C23H21N3O3. The summed E-state index contributed by atoms with van der Waals surface area (Å²) in [5, 5.41) is 2.81. The van der Waals surface area contributed by atoms with Crippen LogP contribution in [0.1, 0.15) is 32.7 Å². The van der Waals surface area contributed by atoms with Crippen LogP contribution in [-0.4, -0.2) is 30.5 Å². The molecule has 1 aromatic heterocycles. The van der Waals surface area contributed by atoms with Crippen LogP contribution < -0.4 is 10.2 Å². The zero-order chi connectivity index (χ0) is 20.2. The number of nitrogens with zero attached hydrogens (tertiary/aromatic N) is 2. The molecule has 0 unspecified atom stereocenters. The number of pyridine rings is 1. The average molecular weight is 387 g/mol. The van der Waals surface area contributed by atoms with Gasteiger partial charge < -0.3 is 15.0 Å². The highest BCUT2D eigenvalue weighted by atomic mass is 16.5. The third-order valence-electron chi connectivity index (χ3n) is 4.98. The first-order valence-corrected chi connectivity index (χ1v) is 9.47. The predicted octanol–water partition coefficient (Wildman–Crippen LogP) is 4.20. The average Bonchev–Trinajstić information content (AvgIpc) is 2.78. The molecule has 3 aromatic rings. The number of esters is 1. The van der Waals surface area contributed by atoms with Crippen LogP contribution in [0.2, 0.25) is 0 Å². The zero-order valence-corrected chi connectivity index (χ0v) is 16.1. The number of rotatable bonds is 4. The number of anilines is 3. The van der Waals surface area contributed by atoms with Gasteiger partial charge in [0.05, 0.1) is 18.4 Å². The van der Waals surface area contributed by atoms with Gasteiger partial charge >= 0.3 is 5.97 Å². The molecule has 1 N–H and O–H groups in total. The van der Waals surface area contributed by atoms with Crippen LogP contribution in [0.4, 0.5) is 17.2 Å². The molecule has 146 valence electrons. The summed E-state index contributed by atoms with van der Waals surface area (Å²) in [5.74, 6) is -0.0809. The van der Waals surface area contributed by atoms with E-state index < -0.39 is 5.97 Å². The summed E-state index contributed by atoms with van der Waals surface area (Å²) in [7, 11) is 1.31. The van der Waals surface area contributed by atoms with Crippen molar-refractivity contribution in [3.63, 3.8) is 0 Å². The fraction of sp³-hybridized carbons (Fsp3) is 0.174. The number of benzene rings is 2. The molecule has 0 radical (unpaired) electrons. The van der Waals surface area contributed by atoms with Crippen LogP contribution in [0.15, 0.2) is 66.9 Å². The second-order valence-corrected chi connectivity index (χ2v) is 6.78. The van der Waals surface area contributed by atoms with Crippen molar-refractivity contribution in [2.24, 2.45) is 0 Å². The van der Waals surface area contributed by atoms with Crippen LogP contribution >= 0.6 is 0 Å². The third-order valence-corrected chi connectivity index (χ3v) is 4.98. The summed E-state index contributed by atoms with van der Waals surface area (Å²) >= 11 is 0. The lowest BCUT2D eigenvalue weighted by molar-refractivity contribution is 0.0602. The Kier molecular flexibility index (Phi) is 5.24. The molecule has 1 aliphatic heterocycles. The van der Waals surface area contributed by atoms with Crippen molar-refractivity contribution in [3.05, 3.63) is 83.6 Å². The van der Waals surface area contributed by atoms with E-state index in [1.165, 1.54) is 12.7 Å². The molecule has 6 heteroatoms. The Labute approximate surface area is 169 Å². The molecule has 0 saturated heterocycles. The third kappa shape index (κ3) is 3.82. The Morgan fingerprint density at radius 3 is 2.72 bits per heavy atom. The minimum absolute atomic E-state index is 0.308. The molecule has 0 spiro atoms. The summed E-state index contributed by atoms with van der Waals surface area (Å²) in [6.07, 6.45) is 3.70. The lowest BCUT2D eigenvalue weighted by Gasteiger charge is -2.30. The Balaban J connectivity index is 1.61. The van der Waals surface area contributed by atoms with E-state index in [2.05, 4.69) is 27.3 Å². The van der Waals surface area contributed by atoms with E-state index in [-0.39, 0.29) is 5.91 Å². The smallest absolute Gasteiger partial charge is 0.339 e. The molecule has 4 rings (SSSR count). The van der Waals surface area contributed by atoms with E-state index in [0.29, 0.717) is 16.8 Å². The Morgan fingerprint density at radius 1 is 1.07 bits per heavy atom. The van der Waals surface area contributed by atoms with Crippen LogP contribution in [-0.2, 0) is 11.2 Å². The summed E-state index contributed by atoms with van der Waals surface area (Å²) in [4.78, 5) is 31.4. The van der Waals surface area contributed by atoms with Gasteiger partial charge in [-0.15, -0.1) is 0 Å². The van der Waals surface area contributed by atoms with Crippen molar-refractivity contribution >= 4 is 29.1 Å². The van der Waals surface area contributed by atoms with Crippen molar-refractivity contribution < 1.29 is 14.3 Å². The summed E-state index contributed by atoms with van der Waals surface area (Å²) in [5.41, 5.74) is 3.59. The van der Waals surface area contributed by atoms with Gasteiger partial charge in [0, 0.05) is 24.0 Å². The number of para-hydroxylation sites is 2. The Bertz CT molecular complexity index is 1060. The minimum atomic E-state index is -0.499. The van der Waals surface area contributed by atoms with Gasteiger partial charge in [0.15, 0.2) is 0 Å². The number of aromatic nitrogens is 1. The minimum Gasteiger partial charge on any atom is -0.465 e. The summed E-state index contributed by atoms with van der Waals surface area (Å²) in [6.45, 7) is 0.847. The predicted molar refractivity (Wildman–Crippen MR) is 112 cm³/mol. The highest BCUT2D eigenvalue weighted by molar-refractivity contribution is 6.08. The van der Waals surface area contributed by atoms with Crippen molar-refractivity contribution in [2.75, 3.05) is 23.9 Å². The van der Waals surface area contributed by atoms with Gasteiger partial charge in [-0.2, -0.15) is 0 Å². The monoisotopic (exact) mass is 387 g/mol. The van der Waals surface area contributed by atoms with E-state index in [4.69, 9.17) is 4.74 Å². The lowest BCUT2D eigenvalue weighted by Crippen LogP contribution is -2.25. The largest absolute Gasteiger partial charge is 0.465 e. The maximum absolute atomic E-state index is 12.8. The van der Waals surface area contributed by atoms with Gasteiger partial charge in [0.2, 0.25) is 0 Å². The fourth-order valence-electron chi connectivity index (χ4n) is 3.55. The van der Waals surface area contributed by atoms with Crippen LogP contribution in [0.5, 0.6) is 0 Å². The number of fused-ring (bicyclic) bond motifs is 1. The fourth-order valence-corrected chi connectivity index (χ4v) is 3.55. The van der Waals surface area contributed by atoms with E-state index in [1.807, 2.05) is 12.1 Å². The standard InChI is InChI=1S/C23H21N3O3/c1-29-23(28)18-9-3-4-10-19(18)25-22(27)17-12-13-24-21(15-17)26-14-6-8-16-7-2-5-11-20(16)26/h2-5,7,9-13,15H,6,8,14H2,1H3,(H,25,27). The number of hydrogen-bond acceptors (Lipinski definition) is 5. The number of carbonyl (C=O) groups is 2. The summed E-state index contributed by atoms with van der Waals surface area (Å²) < 4.78 is 4.79.